The molecule has 0 radical (unpaired) electrons. The van der Waals surface area contributed by atoms with Crippen LogP contribution in [0.3, 0.4) is 0 Å². The van der Waals surface area contributed by atoms with Gasteiger partial charge in [0.05, 0.1) is 5.69 Å². The highest BCUT2D eigenvalue weighted by atomic mass is 79.9. The zero-order valence-corrected chi connectivity index (χ0v) is 12.9. The number of rotatable bonds is 3. The minimum Gasteiger partial charge on any atom is -0.478 e. The first-order valence-corrected chi connectivity index (χ1v) is 6.76. The maximum absolute atomic E-state index is 13.9. The van der Waals surface area contributed by atoms with Crippen LogP contribution in [0.5, 0.6) is 0 Å². The lowest BCUT2D eigenvalue weighted by Gasteiger charge is -2.16. The molecule has 2 aromatic rings. The molecule has 2 rings (SSSR count). The first-order chi connectivity index (χ1) is 9.81. The monoisotopic (exact) mass is 354 g/mol. The summed E-state index contributed by atoms with van der Waals surface area (Å²) in [4.78, 5) is 23.2. The van der Waals surface area contributed by atoms with Crippen molar-refractivity contribution >= 4 is 33.4 Å². The molecule has 7 heteroatoms. The highest BCUT2D eigenvalue weighted by Gasteiger charge is 2.18. The summed E-state index contributed by atoms with van der Waals surface area (Å²) in [6, 6.07) is 5.54. The molecule has 110 valence electrons. The number of halogens is 2. The summed E-state index contributed by atoms with van der Waals surface area (Å²) in [5.41, 5.74) is -0.0520. The van der Waals surface area contributed by atoms with Crippen LogP contribution < -0.4 is 10.9 Å². The molecular weight excluding hydrogens is 343 g/mol. The van der Waals surface area contributed by atoms with Gasteiger partial charge in [-0.25, -0.2) is 9.18 Å². The quantitative estimate of drug-likeness (QED) is 0.888. The van der Waals surface area contributed by atoms with E-state index in [0.717, 1.165) is 4.57 Å². The van der Waals surface area contributed by atoms with E-state index in [2.05, 4.69) is 21.2 Å². The number of nitrogens with zero attached hydrogens (tertiary/aromatic N) is 1. The molecule has 1 heterocycles. The second-order valence-corrected chi connectivity index (χ2v) is 5.42. The van der Waals surface area contributed by atoms with Gasteiger partial charge in [-0.3, -0.25) is 9.36 Å². The molecule has 0 unspecified atom stereocenters. The molecule has 0 fully saturated rings. The summed E-state index contributed by atoms with van der Waals surface area (Å²) >= 11 is 3.14. The number of hydrogen-bond donors (Lipinski definition) is 2. The summed E-state index contributed by atoms with van der Waals surface area (Å²) in [7, 11) is 1.42. The Labute approximate surface area is 128 Å². The molecule has 0 aliphatic heterocycles. The number of carboxylic acid groups (broad SMARTS) is 1. The summed E-state index contributed by atoms with van der Waals surface area (Å²) in [6.07, 6.45) is 0. The van der Waals surface area contributed by atoms with Crippen LogP contribution in [-0.4, -0.2) is 15.6 Å². The molecule has 0 saturated carbocycles. The third-order valence-corrected chi connectivity index (χ3v) is 3.53. The van der Waals surface area contributed by atoms with Gasteiger partial charge in [0, 0.05) is 17.6 Å². The Hall–Kier alpha value is -2.15. The number of aromatic carboxylic acids is 1. The van der Waals surface area contributed by atoms with E-state index in [0.29, 0.717) is 10.0 Å². The number of aryl methyl sites for hydroxylation is 1. The Kier molecular flexibility index (Phi) is 4.13. The van der Waals surface area contributed by atoms with Gasteiger partial charge in [-0.05, 0) is 30.7 Å². The number of carboxylic acids is 1. The fourth-order valence-corrected chi connectivity index (χ4v) is 2.29. The molecule has 0 aliphatic rings. The molecular formula is C14H12BrFN2O3. The van der Waals surface area contributed by atoms with Gasteiger partial charge < -0.3 is 10.4 Å². The van der Waals surface area contributed by atoms with Crippen molar-refractivity contribution in [3.05, 3.63) is 56.0 Å². The van der Waals surface area contributed by atoms with Crippen LogP contribution in [0, 0.1) is 12.7 Å². The van der Waals surface area contributed by atoms with E-state index in [-0.39, 0.29) is 22.6 Å². The van der Waals surface area contributed by atoms with Crippen molar-refractivity contribution in [2.24, 2.45) is 7.05 Å². The fraction of sp³-hybridized carbons (Fsp3) is 0.143. The fourth-order valence-electron chi connectivity index (χ4n) is 1.95. The summed E-state index contributed by atoms with van der Waals surface area (Å²) in [5, 5.41) is 12.0. The minimum absolute atomic E-state index is 0.0359. The zero-order valence-electron chi connectivity index (χ0n) is 11.3. The van der Waals surface area contributed by atoms with Crippen LogP contribution in [0.2, 0.25) is 0 Å². The average molecular weight is 355 g/mol. The van der Waals surface area contributed by atoms with E-state index in [1.807, 2.05) is 0 Å². The van der Waals surface area contributed by atoms with Crippen molar-refractivity contribution < 1.29 is 14.3 Å². The van der Waals surface area contributed by atoms with Crippen LogP contribution in [0.1, 0.15) is 15.9 Å². The second-order valence-electron chi connectivity index (χ2n) is 4.50. The standard InChI is InChI=1S/C14H12BrFN2O3/c1-7-5-11(19)18(2)13(12(7)14(20)21)17-10-4-3-8(15)6-9(10)16/h3-6,17H,1-2H3,(H,20,21). The summed E-state index contributed by atoms with van der Waals surface area (Å²) in [5.74, 6) is -1.72. The molecule has 0 atom stereocenters. The van der Waals surface area contributed by atoms with E-state index < -0.39 is 11.8 Å². The van der Waals surface area contributed by atoms with Crippen LogP contribution in [0.4, 0.5) is 15.9 Å². The van der Waals surface area contributed by atoms with E-state index in [1.54, 1.807) is 6.07 Å². The molecule has 0 saturated heterocycles. The van der Waals surface area contributed by atoms with Gasteiger partial charge in [-0.2, -0.15) is 0 Å². The van der Waals surface area contributed by atoms with Crippen molar-refractivity contribution in [2.45, 2.75) is 6.92 Å². The molecule has 0 bridgehead atoms. The number of aromatic nitrogens is 1. The SMILES string of the molecule is Cc1cc(=O)n(C)c(Nc2ccc(Br)cc2F)c1C(=O)O. The van der Waals surface area contributed by atoms with Crippen LogP contribution >= 0.6 is 15.9 Å². The van der Waals surface area contributed by atoms with Crippen molar-refractivity contribution in [3.8, 4) is 0 Å². The number of pyridine rings is 1. The molecule has 0 spiro atoms. The Morgan fingerprint density at radius 1 is 1.38 bits per heavy atom. The van der Waals surface area contributed by atoms with Gasteiger partial charge in [0.25, 0.3) is 5.56 Å². The maximum Gasteiger partial charge on any atom is 0.339 e. The molecule has 2 N–H and O–H groups in total. The van der Waals surface area contributed by atoms with Crippen molar-refractivity contribution in [3.63, 3.8) is 0 Å². The molecule has 0 amide bonds. The maximum atomic E-state index is 13.9. The lowest BCUT2D eigenvalue weighted by molar-refractivity contribution is 0.0696. The Morgan fingerprint density at radius 2 is 2.05 bits per heavy atom. The van der Waals surface area contributed by atoms with Crippen molar-refractivity contribution in [1.29, 1.82) is 0 Å². The van der Waals surface area contributed by atoms with Crippen LogP contribution in [0.25, 0.3) is 0 Å². The highest BCUT2D eigenvalue weighted by Crippen LogP contribution is 2.25. The van der Waals surface area contributed by atoms with Crippen LogP contribution in [0.15, 0.2) is 33.5 Å². The zero-order chi connectivity index (χ0) is 15.7. The second kappa shape index (κ2) is 5.69. The number of nitrogens with one attached hydrogen (secondary N) is 1. The first kappa shape index (κ1) is 15.2. The minimum atomic E-state index is -1.19. The number of anilines is 2. The van der Waals surface area contributed by atoms with Crippen molar-refractivity contribution in [1.82, 2.24) is 4.57 Å². The number of carbonyl (C=O) groups is 1. The highest BCUT2D eigenvalue weighted by molar-refractivity contribution is 9.10. The van der Waals surface area contributed by atoms with Gasteiger partial charge in [-0.1, -0.05) is 15.9 Å². The lowest BCUT2D eigenvalue weighted by atomic mass is 10.1. The van der Waals surface area contributed by atoms with E-state index in [9.17, 15) is 19.1 Å². The predicted octanol–water partition coefficient (Wildman–Crippen LogP) is 3.04. The first-order valence-electron chi connectivity index (χ1n) is 5.97. The van der Waals surface area contributed by atoms with Gasteiger partial charge in [0.15, 0.2) is 0 Å². The van der Waals surface area contributed by atoms with E-state index in [4.69, 9.17) is 0 Å². The third kappa shape index (κ3) is 2.97. The van der Waals surface area contributed by atoms with Crippen molar-refractivity contribution in [2.75, 3.05) is 5.32 Å². The van der Waals surface area contributed by atoms with Crippen LogP contribution in [-0.2, 0) is 7.05 Å². The third-order valence-electron chi connectivity index (χ3n) is 3.04. The molecule has 21 heavy (non-hydrogen) atoms. The largest absolute Gasteiger partial charge is 0.478 e. The molecule has 1 aromatic carbocycles. The lowest BCUT2D eigenvalue weighted by Crippen LogP contribution is -2.23. The topological polar surface area (TPSA) is 71.3 Å². The summed E-state index contributed by atoms with van der Waals surface area (Å²) in [6.45, 7) is 1.52. The Bertz CT molecular complexity index is 787. The summed E-state index contributed by atoms with van der Waals surface area (Å²) < 4.78 is 15.6. The average Bonchev–Trinajstić information content (AvgIpc) is 2.38. The van der Waals surface area contributed by atoms with Gasteiger partial charge in [0.2, 0.25) is 0 Å². The molecule has 1 aromatic heterocycles. The van der Waals surface area contributed by atoms with Gasteiger partial charge in [-0.15, -0.1) is 0 Å². The van der Waals surface area contributed by atoms with Gasteiger partial charge >= 0.3 is 5.97 Å². The normalized spacial score (nSPS) is 10.5. The molecule has 5 nitrogen and oxygen atoms in total. The Balaban J connectivity index is 2.63. The predicted molar refractivity (Wildman–Crippen MR) is 80.8 cm³/mol. The Morgan fingerprint density at radius 3 is 2.62 bits per heavy atom. The molecule has 0 aliphatic carbocycles. The number of hydrogen-bond acceptors (Lipinski definition) is 3. The van der Waals surface area contributed by atoms with E-state index in [1.165, 1.54) is 32.2 Å². The van der Waals surface area contributed by atoms with Gasteiger partial charge in [0.1, 0.15) is 17.2 Å². The van der Waals surface area contributed by atoms with E-state index >= 15 is 0 Å². The number of benzene rings is 1. The smallest absolute Gasteiger partial charge is 0.339 e.